The van der Waals surface area contributed by atoms with Crippen molar-refractivity contribution in [3.63, 3.8) is 0 Å². The molecular formula is C18H21NO2. The highest BCUT2D eigenvalue weighted by Crippen LogP contribution is 2.26. The van der Waals surface area contributed by atoms with Crippen LogP contribution < -0.4 is 15.2 Å². The van der Waals surface area contributed by atoms with Gasteiger partial charge in [-0.1, -0.05) is 24.3 Å². The topological polar surface area (TPSA) is 44.5 Å². The molecule has 3 rings (SSSR count). The number of nitrogens with two attached hydrogens (primary N) is 1. The maximum Gasteiger partial charge on any atom is 0.122 e. The number of fused-ring (bicyclic) bond motifs is 1. The van der Waals surface area contributed by atoms with Crippen LogP contribution in [-0.4, -0.2) is 13.2 Å². The van der Waals surface area contributed by atoms with Crippen molar-refractivity contribution in [2.45, 2.75) is 25.8 Å². The van der Waals surface area contributed by atoms with Crippen LogP contribution in [0.3, 0.4) is 0 Å². The zero-order valence-corrected chi connectivity index (χ0v) is 12.3. The minimum atomic E-state index is 0.0627. The van der Waals surface area contributed by atoms with Gasteiger partial charge in [0, 0.05) is 18.9 Å². The molecule has 1 atom stereocenters. The largest absolute Gasteiger partial charge is 0.493 e. The molecule has 3 heteroatoms. The zero-order chi connectivity index (χ0) is 14.7. The van der Waals surface area contributed by atoms with Crippen LogP contribution in [0.2, 0.25) is 0 Å². The second-order valence-electron chi connectivity index (χ2n) is 5.50. The lowest BCUT2D eigenvalue weighted by Crippen LogP contribution is -2.05. The summed E-state index contributed by atoms with van der Waals surface area (Å²) in [5.41, 5.74) is 9.57. The number of ether oxygens (including phenoxy) is 2. The first-order valence-electron chi connectivity index (χ1n) is 7.45. The fourth-order valence-corrected chi connectivity index (χ4v) is 2.55. The average Bonchev–Trinajstić information content (AvgIpc) is 2.95. The molecule has 110 valence electrons. The van der Waals surface area contributed by atoms with Crippen molar-refractivity contribution < 1.29 is 9.47 Å². The average molecular weight is 283 g/mol. The summed E-state index contributed by atoms with van der Waals surface area (Å²) < 4.78 is 11.3. The van der Waals surface area contributed by atoms with E-state index in [1.54, 1.807) is 0 Å². The van der Waals surface area contributed by atoms with E-state index in [2.05, 4.69) is 18.2 Å². The molecule has 0 aliphatic carbocycles. The third-order valence-electron chi connectivity index (χ3n) is 3.82. The van der Waals surface area contributed by atoms with E-state index in [9.17, 15) is 0 Å². The van der Waals surface area contributed by atoms with Crippen molar-refractivity contribution in [1.29, 1.82) is 0 Å². The summed E-state index contributed by atoms with van der Waals surface area (Å²) in [6, 6.07) is 14.5. The first kappa shape index (κ1) is 14.0. The van der Waals surface area contributed by atoms with Gasteiger partial charge in [0.05, 0.1) is 13.2 Å². The van der Waals surface area contributed by atoms with Crippen LogP contribution in [0.25, 0.3) is 0 Å². The third kappa shape index (κ3) is 3.37. The van der Waals surface area contributed by atoms with E-state index >= 15 is 0 Å². The molecule has 0 radical (unpaired) electrons. The van der Waals surface area contributed by atoms with Crippen molar-refractivity contribution in [1.82, 2.24) is 0 Å². The summed E-state index contributed by atoms with van der Waals surface area (Å²) in [6.45, 7) is 3.46. The van der Waals surface area contributed by atoms with Crippen molar-refractivity contribution in [3.05, 3.63) is 59.2 Å². The predicted octanol–water partition coefficient (Wildman–Crippen LogP) is 3.26. The molecule has 0 saturated heterocycles. The minimum absolute atomic E-state index is 0.0627. The number of hydrogen-bond donors (Lipinski definition) is 1. The van der Waals surface area contributed by atoms with Crippen molar-refractivity contribution in [3.8, 4) is 11.5 Å². The van der Waals surface area contributed by atoms with E-state index in [-0.39, 0.29) is 6.04 Å². The molecule has 2 N–H and O–H groups in total. The van der Waals surface area contributed by atoms with Gasteiger partial charge in [-0.3, -0.25) is 0 Å². The standard InChI is InChI=1S/C18H21NO2/c1-13(19)15-3-5-17(6-4-15)20-10-8-14-2-7-18-16(12-14)9-11-21-18/h2-7,12-13H,8-11,19H2,1H3/t13-/m1/s1. The molecule has 0 spiro atoms. The van der Waals surface area contributed by atoms with Gasteiger partial charge in [-0.25, -0.2) is 0 Å². The molecule has 0 bridgehead atoms. The van der Waals surface area contributed by atoms with Gasteiger partial charge in [0.1, 0.15) is 11.5 Å². The molecule has 1 heterocycles. The highest BCUT2D eigenvalue weighted by atomic mass is 16.5. The van der Waals surface area contributed by atoms with Crippen molar-refractivity contribution in [2.24, 2.45) is 5.73 Å². The van der Waals surface area contributed by atoms with Crippen LogP contribution in [0.5, 0.6) is 11.5 Å². The van der Waals surface area contributed by atoms with Crippen molar-refractivity contribution >= 4 is 0 Å². The normalized spacial score (nSPS) is 14.4. The van der Waals surface area contributed by atoms with E-state index in [0.717, 1.165) is 36.5 Å². The lowest BCUT2D eigenvalue weighted by Gasteiger charge is -2.09. The smallest absolute Gasteiger partial charge is 0.122 e. The number of benzene rings is 2. The lowest BCUT2D eigenvalue weighted by molar-refractivity contribution is 0.321. The zero-order valence-electron chi connectivity index (χ0n) is 12.3. The Labute approximate surface area is 125 Å². The second kappa shape index (κ2) is 6.19. The number of rotatable bonds is 5. The maximum atomic E-state index is 5.83. The molecule has 0 amide bonds. The molecule has 0 unspecified atom stereocenters. The monoisotopic (exact) mass is 283 g/mol. The molecule has 1 aliphatic heterocycles. The highest BCUT2D eigenvalue weighted by molar-refractivity contribution is 5.39. The van der Waals surface area contributed by atoms with Gasteiger partial charge < -0.3 is 15.2 Å². The van der Waals surface area contributed by atoms with Gasteiger partial charge in [-0.2, -0.15) is 0 Å². The molecule has 1 aliphatic rings. The Bertz CT molecular complexity index is 605. The maximum absolute atomic E-state index is 5.83. The van der Waals surface area contributed by atoms with Gasteiger partial charge in [0.25, 0.3) is 0 Å². The summed E-state index contributed by atoms with van der Waals surface area (Å²) in [5, 5.41) is 0. The predicted molar refractivity (Wildman–Crippen MR) is 83.9 cm³/mol. The Hall–Kier alpha value is -2.00. The fourth-order valence-electron chi connectivity index (χ4n) is 2.55. The van der Waals surface area contributed by atoms with E-state index in [1.807, 2.05) is 31.2 Å². The Morgan fingerprint density at radius 2 is 2.00 bits per heavy atom. The minimum Gasteiger partial charge on any atom is -0.493 e. The second-order valence-corrected chi connectivity index (χ2v) is 5.50. The summed E-state index contributed by atoms with van der Waals surface area (Å²) >= 11 is 0. The fraction of sp³-hybridized carbons (Fsp3) is 0.333. The molecule has 0 aromatic heterocycles. The highest BCUT2D eigenvalue weighted by Gasteiger charge is 2.11. The van der Waals surface area contributed by atoms with Crippen molar-refractivity contribution in [2.75, 3.05) is 13.2 Å². The van der Waals surface area contributed by atoms with Gasteiger partial charge in [0.15, 0.2) is 0 Å². The molecular weight excluding hydrogens is 262 g/mol. The Morgan fingerprint density at radius 1 is 1.19 bits per heavy atom. The molecule has 2 aromatic rings. The van der Waals surface area contributed by atoms with Crippen LogP contribution in [0.1, 0.15) is 29.7 Å². The van der Waals surface area contributed by atoms with E-state index in [1.165, 1.54) is 11.1 Å². The Morgan fingerprint density at radius 3 is 2.76 bits per heavy atom. The molecule has 0 saturated carbocycles. The summed E-state index contributed by atoms with van der Waals surface area (Å²) in [7, 11) is 0. The summed E-state index contributed by atoms with van der Waals surface area (Å²) in [6.07, 6.45) is 1.92. The lowest BCUT2D eigenvalue weighted by atomic mass is 10.1. The quantitative estimate of drug-likeness (QED) is 0.916. The summed E-state index contributed by atoms with van der Waals surface area (Å²) in [4.78, 5) is 0. The first-order chi connectivity index (χ1) is 10.2. The summed E-state index contributed by atoms with van der Waals surface area (Å²) in [5.74, 6) is 1.93. The Kier molecular flexibility index (Phi) is 4.11. The van der Waals surface area contributed by atoms with Crippen LogP contribution in [-0.2, 0) is 12.8 Å². The Balaban J connectivity index is 1.54. The van der Waals surface area contributed by atoms with Crippen LogP contribution in [0, 0.1) is 0 Å². The number of hydrogen-bond acceptors (Lipinski definition) is 3. The van der Waals surface area contributed by atoms with E-state index < -0.39 is 0 Å². The van der Waals surface area contributed by atoms with Gasteiger partial charge >= 0.3 is 0 Å². The molecule has 0 fully saturated rings. The van der Waals surface area contributed by atoms with Gasteiger partial charge in [-0.15, -0.1) is 0 Å². The van der Waals surface area contributed by atoms with Crippen LogP contribution >= 0.6 is 0 Å². The first-order valence-corrected chi connectivity index (χ1v) is 7.45. The molecule has 21 heavy (non-hydrogen) atoms. The van der Waals surface area contributed by atoms with Crippen LogP contribution in [0.4, 0.5) is 0 Å². The third-order valence-corrected chi connectivity index (χ3v) is 3.82. The van der Waals surface area contributed by atoms with Gasteiger partial charge in [0.2, 0.25) is 0 Å². The van der Waals surface area contributed by atoms with Gasteiger partial charge in [-0.05, 0) is 41.8 Å². The molecule has 3 nitrogen and oxygen atoms in total. The molecule has 2 aromatic carbocycles. The SMILES string of the molecule is C[C@@H](N)c1ccc(OCCc2ccc3c(c2)CCO3)cc1. The van der Waals surface area contributed by atoms with E-state index in [4.69, 9.17) is 15.2 Å². The van der Waals surface area contributed by atoms with E-state index in [0.29, 0.717) is 6.61 Å². The van der Waals surface area contributed by atoms with Crippen LogP contribution in [0.15, 0.2) is 42.5 Å².